The third-order valence-corrected chi connectivity index (χ3v) is 14.1. The standard InChI is InChI=1S/C42H40N12O16/c1-5-67-31(59)39-41(33(61)69-7-3)47-19-51-27(55)23-13-9-10-14-24(23)28(56)52(51)20-48(41)36(64)44(39)18-46-38(66)50-22-54-30(58)26-16-12-11-15-25(26)29(57)53(54)21-49-37(65)45(17-43(39)35(47)63)40(46,32(60)68-6-2)42(49,50)34(62)70-8-4/h9-16H,5-8,17-22H2,1-4H3/t39-,40+,41+,42-. The van der Waals surface area contributed by atoms with E-state index in [0.717, 1.165) is 18.7 Å². The highest BCUT2D eigenvalue weighted by molar-refractivity contribution is 6.12. The van der Waals surface area contributed by atoms with Crippen LogP contribution in [0.25, 0.3) is 21.5 Å². The molecule has 9 heterocycles. The van der Waals surface area contributed by atoms with Crippen molar-refractivity contribution in [3.63, 3.8) is 0 Å². The third-order valence-electron chi connectivity index (χ3n) is 14.1. The van der Waals surface area contributed by atoms with Gasteiger partial charge in [-0.15, -0.1) is 0 Å². The highest BCUT2D eigenvalue weighted by Crippen LogP contribution is 2.60. The number of fused-ring (bicyclic) bond motifs is 4. The molecule has 5 fully saturated rings. The van der Waals surface area contributed by atoms with Crippen LogP contribution in [0.15, 0.2) is 67.7 Å². The number of urea groups is 4. The van der Waals surface area contributed by atoms with Gasteiger partial charge in [-0.25, -0.2) is 57.1 Å². The van der Waals surface area contributed by atoms with Gasteiger partial charge in [-0.3, -0.25) is 58.4 Å². The fourth-order valence-electron chi connectivity index (χ4n) is 11.5. The van der Waals surface area contributed by atoms with Crippen molar-refractivity contribution in [1.29, 1.82) is 0 Å². The van der Waals surface area contributed by atoms with Crippen LogP contribution in [0.3, 0.4) is 0 Å². The van der Waals surface area contributed by atoms with E-state index in [9.17, 15) is 19.2 Å². The normalized spacial score (nSPS) is 25.9. The summed E-state index contributed by atoms with van der Waals surface area (Å²) in [5, 5.41) is -0.454. The number of carbonyl (C=O) groups excluding carboxylic acids is 8. The fraction of sp³-hybridized carbons (Fsp3) is 0.429. The van der Waals surface area contributed by atoms with Crippen LogP contribution in [0.4, 0.5) is 19.2 Å². The molecule has 364 valence electrons. The molecule has 70 heavy (non-hydrogen) atoms. The van der Waals surface area contributed by atoms with Crippen LogP contribution in [-0.4, -0.2) is 168 Å². The van der Waals surface area contributed by atoms with Crippen molar-refractivity contribution in [1.82, 2.24) is 57.9 Å². The van der Waals surface area contributed by atoms with Gasteiger partial charge in [0.25, 0.3) is 44.9 Å². The summed E-state index contributed by atoms with van der Waals surface area (Å²) in [4.78, 5) is 187. The Labute approximate surface area is 390 Å². The maximum absolute atomic E-state index is 15.8. The van der Waals surface area contributed by atoms with Gasteiger partial charge in [0, 0.05) is 0 Å². The molecule has 0 aliphatic carbocycles. The van der Waals surface area contributed by atoms with E-state index in [2.05, 4.69) is 0 Å². The van der Waals surface area contributed by atoms with E-state index >= 15 is 38.4 Å². The molecule has 2 aromatic heterocycles. The van der Waals surface area contributed by atoms with Crippen LogP contribution in [-0.2, 0) is 64.8 Å². The summed E-state index contributed by atoms with van der Waals surface area (Å²) in [6.45, 7) is -3.25. The monoisotopic (exact) mass is 968 g/mol. The second-order valence-electron chi connectivity index (χ2n) is 16.9. The van der Waals surface area contributed by atoms with Crippen molar-refractivity contribution in [3.8, 4) is 0 Å². The topological polar surface area (TPSA) is 287 Å². The molecule has 28 nitrogen and oxygen atoms in total. The summed E-state index contributed by atoms with van der Waals surface area (Å²) in [5.74, 6) is -5.96. The van der Waals surface area contributed by atoms with Gasteiger partial charge in [0.05, 0.1) is 48.0 Å². The summed E-state index contributed by atoms with van der Waals surface area (Å²) >= 11 is 0. The van der Waals surface area contributed by atoms with Gasteiger partial charge in [-0.05, 0) is 52.0 Å². The number of hydrogen-bond acceptors (Lipinski definition) is 16. The molecule has 0 atom stereocenters. The highest BCUT2D eigenvalue weighted by Gasteiger charge is 2.93. The predicted octanol–water partition coefficient (Wildman–Crippen LogP) is -1.89. The van der Waals surface area contributed by atoms with Crippen molar-refractivity contribution in [2.45, 2.75) is 77.0 Å². The van der Waals surface area contributed by atoms with Gasteiger partial charge in [0.2, 0.25) is 0 Å². The van der Waals surface area contributed by atoms with E-state index in [4.69, 9.17) is 18.9 Å². The van der Waals surface area contributed by atoms with Crippen molar-refractivity contribution >= 4 is 69.5 Å². The highest BCUT2D eigenvalue weighted by atomic mass is 16.6. The third kappa shape index (κ3) is 4.51. The number of aromatic nitrogens is 4. The second-order valence-corrected chi connectivity index (χ2v) is 16.9. The van der Waals surface area contributed by atoms with E-state index in [0.29, 0.717) is 39.2 Å². The van der Waals surface area contributed by atoms with E-state index in [1.54, 1.807) is 0 Å². The molecule has 8 amide bonds. The zero-order chi connectivity index (χ0) is 49.7. The minimum absolute atomic E-state index is 0.113. The largest absolute Gasteiger partial charge is 0.463 e. The Morgan fingerprint density at radius 2 is 0.543 bits per heavy atom. The molecular weight excluding hydrogens is 929 g/mol. The maximum atomic E-state index is 15.8. The Hall–Kier alpha value is -8.72. The van der Waals surface area contributed by atoms with E-state index in [1.807, 2.05) is 0 Å². The number of nitrogens with zero attached hydrogens (tertiary/aromatic N) is 12. The molecule has 11 rings (SSSR count). The van der Waals surface area contributed by atoms with Gasteiger partial charge in [-0.2, -0.15) is 0 Å². The number of hydrogen-bond donors (Lipinski definition) is 0. The maximum Gasteiger partial charge on any atom is 0.359 e. The van der Waals surface area contributed by atoms with Crippen molar-refractivity contribution in [2.24, 2.45) is 0 Å². The quantitative estimate of drug-likeness (QED) is 0.138. The van der Waals surface area contributed by atoms with Crippen LogP contribution in [0, 0.1) is 0 Å². The lowest BCUT2D eigenvalue weighted by molar-refractivity contribution is -0.210. The van der Waals surface area contributed by atoms with Crippen LogP contribution in [0.5, 0.6) is 0 Å². The Morgan fingerprint density at radius 3 is 0.729 bits per heavy atom. The molecule has 4 aromatic rings. The molecule has 0 N–H and O–H groups in total. The average molecular weight is 969 g/mol. The van der Waals surface area contributed by atoms with Crippen molar-refractivity contribution in [3.05, 3.63) is 89.9 Å². The Bertz CT molecular complexity index is 3010. The SMILES string of the molecule is CCOC(=O)[C@]12N3Cn4c(=O)c5ccccc5c(=O)n4CN1C(=O)N1CN4C(=O)N5Cn6c(=O)c7ccccc7c(=O)n6CN6C(=O)N(CN(C3=O)[C@]12C(=O)OCC)[C@]4(C(=O)OCC)[C@@]56C(=O)OCC. The van der Waals surface area contributed by atoms with Crippen LogP contribution < -0.4 is 22.2 Å². The number of benzene rings is 2. The lowest BCUT2D eigenvalue weighted by atomic mass is 9.88. The number of amides is 8. The molecule has 0 radical (unpaired) electrons. The fourth-order valence-corrected chi connectivity index (χ4v) is 11.5. The van der Waals surface area contributed by atoms with Crippen LogP contribution in [0.1, 0.15) is 27.7 Å². The van der Waals surface area contributed by atoms with Gasteiger partial charge in [0.1, 0.15) is 40.0 Å². The number of rotatable bonds is 8. The summed E-state index contributed by atoms with van der Waals surface area (Å²) in [5.41, 5.74) is -16.0. The van der Waals surface area contributed by atoms with Crippen molar-refractivity contribution in [2.75, 3.05) is 39.8 Å². The minimum atomic E-state index is -3.19. The average Bonchev–Trinajstić information content (AvgIpc) is 3.71. The first-order valence-corrected chi connectivity index (χ1v) is 22.1. The Balaban J connectivity index is 1.24. The number of esters is 4. The van der Waals surface area contributed by atoms with Crippen LogP contribution in [0.2, 0.25) is 0 Å². The number of ether oxygens (including phenoxy) is 4. The summed E-state index contributed by atoms with van der Waals surface area (Å²) in [6.07, 6.45) is 0. The Kier molecular flexibility index (Phi) is 9.02. The molecule has 0 spiro atoms. The van der Waals surface area contributed by atoms with Gasteiger partial charge in [0.15, 0.2) is 0 Å². The summed E-state index contributed by atoms with van der Waals surface area (Å²) in [7, 11) is 0. The summed E-state index contributed by atoms with van der Waals surface area (Å²) < 4.78 is 25.7. The lowest BCUT2D eigenvalue weighted by Crippen LogP contribution is -2.81. The van der Waals surface area contributed by atoms with Gasteiger partial charge < -0.3 is 18.9 Å². The second kappa shape index (κ2) is 14.4. The van der Waals surface area contributed by atoms with Gasteiger partial charge in [-0.1, -0.05) is 24.3 Å². The minimum Gasteiger partial charge on any atom is -0.463 e. The molecule has 28 heteroatoms. The van der Waals surface area contributed by atoms with Gasteiger partial charge >= 0.3 is 48.0 Å². The first-order valence-electron chi connectivity index (χ1n) is 22.1. The van der Waals surface area contributed by atoms with Crippen LogP contribution >= 0.6 is 0 Å². The van der Waals surface area contributed by atoms with E-state index in [-0.39, 0.29) is 21.5 Å². The molecule has 2 aromatic carbocycles. The smallest absolute Gasteiger partial charge is 0.359 e. The number of carbonyl (C=O) groups is 8. The molecular formula is C42H40N12O16. The molecule has 0 bridgehead atoms. The van der Waals surface area contributed by atoms with E-state index in [1.165, 1.54) is 76.2 Å². The predicted molar refractivity (Wildman–Crippen MR) is 228 cm³/mol. The van der Waals surface area contributed by atoms with Crippen molar-refractivity contribution < 1.29 is 57.3 Å². The molecule has 7 aliphatic heterocycles. The zero-order valence-electron chi connectivity index (χ0n) is 37.6. The first-order chi connectivity index (χ1) is 33.6. The molecule has 5 saturated heterocycles. The molecule has 0 saturated carbocycles. The first kappa shape index (κ1) is 43.8. The summed E-state index contributed by atoms with van der Waals surface area (Å²) in [6, 6.07) is 5.75. The Morgan fingerprint density at radius 1 is 0.357 bits per heavy atom. The zero-order valence-corrected chi connectivity index (χ0v) is 37.6. The lowest BCUT2D eigenvalue weighted by Gasteiger charge is -2.51. The molecule has 7 aliphatic rings. The molecule has 0 unspecified atom stereocenters. The van der Waals surface area contributed by atoms with E-state index < -0.39 is 159 Å².